The van der Waals surface area contributed by atoms with Crippen molar-refractivity contribution in [3.63, 3.8) is 0 Å². The van der Waals surface area contributed by atoms with Crippen molar-refractivity contribution in [2.45, 2.75) is 18.2 Å². The van der Waals surface area contributed by atoms with Crippen molar-refractivity contribution in [1.82, 2.24) is 4.72 Å². The molecule has 0 radical (unpaired) electrons. The smallest absolute Gasteiger partial charge is 0.307 e. The van der Waals surface area contributed by atoms with Gasteiger partial charge >= 0.3 is 5.97 Å². The Morgan fingerprint density at radius 3 is 2.46 bits per heavy atom. The molecule has 0 bridgehead atoms. The Labute approximate surface area is 158 Å². The van der Waals surface area contributed by atoms with Gasteiger partial charge < -0.3 is 9.47 Å². The number of para-hydroxylation sites is 1. The van der Waals surface area contributed by atoms with Crippen LogP contribution < -0.4 is 9.46 Å². The fourth-order valence-electron chi connectivity index (χ4n) is 2.08. The molecule has 0 saturated heterocycles. The number of esters is 1. The van der Waals surface area contributed by atoms with Gasteiger partial charge in [0.2, 0.25) is 10.0 Å². The summed E-state index contributed by atoms with van der Waals surface area (Å²) in [6.45, 7) is 2.20. The van der Waals surface area contributed by atoms with Crippen molar-refractivity contribution in [3.8, 4) is 5.75 Å². The highest BCUT2D eigenvalue weighted by Gasteiger charge is 2.14. The van der Waals surface area contributed by atoms with Gasteiger partial charge in [-0.05, 0) is 42.8 Å². The molecule has 0 aliphatic rings. The molecular formula is C18H20ClNO5S. The summed E-state index contributed by atoms with van der Waals surface area (Å²) in [5.74, 6) is 0.233. The number of sulfonamides is 1. The maximum Gasteiger partial charge on any atom is 0.307 e. The maximum atomic E-state index is 12.0. The summed E-state index contributed by atoms with van der Waals surface area (Å²) in [5, 5.41) is 0.445. The standard InChI is InChI=1S/C18H20ClNO5S/c1-14-4-2-3-5-17(14)24-12-13-25-18(21)10-11-20-26(22,23)16-8-6-15(19)7-9-16/h2-9,20H,10-13H2,1H3. The third-order valence-electron chi connectivity index (χ3n) is 3.44. The van der Waals surface area contributed by atoms with E-state index in [2.05, 4.69) is 4.72 Å². The topological polar surface area (TPSA) is 81.7 Å². The molecule has 0 saturated carbocycles. The SMILES string of the molecule is Cc1ccccc1OCCOC(=O)CCNS(=O)(=O)c1ccc(Cl)cc1. The lowest BCUT2D eigenvalue weighted by atomic mass is 10.2. The van der Waals surface area contributed by atoms with E-state index in [1.807, 2.05) is 31.2 Å². The first kappa shape index (κ1) is 20.2. The quantitative estimate of drug-likeness (QED) is 0.519. The van der Waals surface area contributed by atoms with Crippen molar-refractivity contribution in [1.29, 1.82) is 0 Å². The summed E-state index contributed by atoms with van der Waals surface area (Å²) < 4.78 is 37.0. The Bertz CT molecular complexity index is 837. The van der Waals surface area contributed by atoms with Crippen LogP contribution in [0.3, 0.4) is 0 Å². The van der Waals surface area contributed by atoms with Crippen LogP contribution in [0.25, 0.3) is 0 Å². The number of carbonyl (C=O) groups is 1. The highest BCUT2D eigenvalue weighted by Crippen LogP contribution is 2.16. The molecule has 0 aromatic heterocycles. The fourth-order valence-corrected chi connectivity index (χ4v) is 3.24. The molecule has 140 valence electrons. The molecule has 0 unspecified atom stereocenters. The molecule has 0 spiro atoms. The molecule has 0 aliphatic carbocycles. The van der Waals surface area contributed by atoms with E-state index < -0.39 is 16.0 Å². The van der Waals surface area contributed by atoms with Crippen molar-refractivity contribution >= 4 is 27.6 Å². The van der Waals surface area contributed by atoms with Crippen LogP contribution in [0, 0.1) is 6.92 Å². The first-order chi connectivity index (χ1) is 12.4. The predicted octanol–water partition coefficient (Wildman–Crippen LogP) is 2.94. The molecule has 0 heterocycles. The van der Waals surface area contributed by atoms with Gasteiger partial charge in [0.1, 0.15) is 19.0 Å². The zero-order valence-electron chi connectivity index (χ0n) is 14.3. The van der Waals surface area contributed by atoms with Crippen molar-refractivity contribution in [3.05, 3.63) is 59.1 Å². The van der Waals surface area contributed by atoms with E-state index in [9.17, 15) is 13.2 Å². The minimum absolute atomic E-state index is 0.0531. The van der Waals surface area contributed by atoms with Crippen LogP contribution in [-0.2, 0) is 19.6 Å². The monoisotopic (exact) mass is 397 g/mol. The Morgan fingerprint density at radius 2 is 1.77 bits per heavy atom. The Balaban J connectivity index is 1.67. The minimum Gasteiger partial charge on any atom is -0.490 e. The lowest BCUT2D eigenvalue weighted by Crippen LogP contribution is -2.27. The normalized spacial score (nSPS) is 11.2. The van der Waals surface area contributed by atoms with E-state index in [1.54, 1.807) is 0 Å². The average molecular weight is 398 g/mol. The second kappa shape index (κ2) is 9.56. The number of ether oxygens (including phenoxy) is 2. The van der Waals surface area contributed by atoms with Gasteiger partial charge in [-0.3, -0.25) is 4.79 Å². The van der Waals surface area contributed by atoms with E-state index in [-0.39, 0.29) is 31.1 Å². The van der Waals surface area contributed by atoms with Crippen LogP contribution in [-0.4, -0.2) is 34.1 Å². The molecule has 2 aromatic rings. The molecule has 2 rings (SSSR count). The molecule has 0 atom stereocenters. The maximum absolute atomic E-state index is 12.0. The van der Waals surface area contributed by atoms with Crippen molar-refractivity contribution in [2.75, 3.05) is 19.8 Å². The largest absolute Gasteiger partial charge is 0.490 e. The lowest BCUT2D eigenvalue weighted by molar-refractivity contribution is -0.144. The van der Waals surface area contributed by atoms with Crippen LogP contribution in [0.1, 0.15) is 12.0 Å². The third-order valence-corrected chi connectivity index (χ3v) is 5.17. The van der Waals surface area contributed by atoms with Gasteiger partial charge in [0.05, 0.1) is 11.3 Å². The summed E-state index contributed by atoms with van der Waals surface area (Å²) >= 11 is 5.73. The van der Waals surface area contributed by atoms with Gasteiger partial charge in [0.25, 0.3) is 0 Å². The number of benzene rings is 2. The second-order valence-electron chi connectivity index (χ2n) is 5.44. The highest BCUT2D eigenvalue weighted by molar-refractivity contribution is 7.89. The predicted molar refractivity (Wildman–Crippen MR) is 98.9 cm³/mol. The van der Waals surface area contributed by atoms with Crippen LogP contribution >= 0.6 is 11.6 Å². The lowest BCUT2D eigenvalue weighted by Gasteiger charge is -2.10. The van der Waals surface area contributed by atoms with Crippen molar-refractivity contribution < 1.29 is 22.7 Å². The first-order valence-electron chi connectivity index (χ1n) is 7.98. The summed E-state index contributed by atoms with van der Waals surface area (Å²) in [4.78, 5) is 11.7. The second-order valence-corrected chi connectivity index (χ2v) is 7.64. The molecule has 0 aliphatic heterocycles. The van der Waals surface area contributed by atoms with E-state index >= 15 is 0 Å². The molecule has 2 aromatic carbocycles. The molecular weight excluding hydrogens is 378 g/mol. The zero-order chi connectivity index (χ0) is 19.0. The minimum atomic E-state index is -3.68. The average Bonchev–Trinajstić information content (AvgIpc) is 2.60. The Hall–Kier alpha value is -2.09. The summed E-state index contributed by atoms with van der Waals surface area (Å²) in [7, 11) is -3.68. The molecule has 0 amide bonds. The van der Waals surface area contributed by atoms with Gasteiger partial charge in [0.15, 0.2) is 0 Å². The molecule has 26 heavy (non-hydrogen) atoms. The highest BCUT2D eigenvalue weighted by atomic mass is 35.5. The van der Waals surface area contributed by atoms with E-state index in [0.717, 1.165) is 11.3 Å². The number of hydrogen-bond acceptors (Lipinski definition) is 5. The number of rotatable bonds is 9. The van der Waals surface area contributed by atoms with Gasteiger partial charge in [-0.25, -0.2) is 13.1 Å². The fraction of sp³-hybridized carbons (Fsp3) is 0.278. The van der Waals surface area contributed by atoms with Gasteiger partial charge in [-0.1, -0.05) is 29.8 Å². The number of nitrogens with one attached hydrogen (secondary N) is 1. The number of hydrogen-bond donors (Lipinski definition) is 1. The van der Waals surface area contributed by atoms with E-state index in [4.69, 9.17) is 21.1 Å². The Kier molecular flexibility index (Phi) is 7.44. The van der Waals surface area contributed by atoms with Crippen LogP contribution in [0.15, 0.2) is 53.4 Å². The molecule has 6 nitrogen and oxygen atoms in total. The summed E-state index contributed by atoms with van der Waals surface area (Å²) in [6, 6.07) is 13.3. The molecule has 1 N–H and O–H groups in total. The molecule has 8 heteroatoms. The van der Waals surface area contributed by atoms with E-state index in [0.29, 0.717) is 5.02 Å². The van der Waals surface area contributed by atoms with Gasteiger partial charge in [-0.15, -0.1) is 0 Å². The number of carbonyl (C=O) groups excluding carboxylic acids is 1. The third kappa shape index (κ3) is 6.33. The van der Waals surface area contributed by atoms with Crippen LogP contribution in [0.2, 0.25) is 5.02 Å². The van der Waals surface area contributed by atoms with Gasteiger partial charge in [0, 0.05) is 11.6 Å². The van der Waals surface area contributed by atoms with Crippen LogP contribution in [0.4, 0.5) is 0 Å². The zero-order valence-corrected chi connectivity index (χ0v) is 15.8. The summed E-state index contributed by atoms with van der Waals surface area (Å²) in [6.07, 6.45) is -0.0722. The van der Waals surface area contributed by atoms with Crippen molar-refractivity contribution in [2.24, 2.45) is 0 Å². The van der Waals surface area contributed by atoms with Gasteiger partial charge in [-0.2, -0.15) is 0 Å². The number of halogens is 1. The van der Waals surface area contributed by atoms with E-state index in [1.165, 1.54) is 24.3 Å². The Morgan fingerprint density at radius 1 is 1.08 bits per heavy atom. The first-order valence-corrected chi connectivity index (χ1v) is 9.84. The number of aryl methyl sites for hydroxylation is 1. The molecule has 0 fully saturated rings. The summed E-state index contributed by atoms with van der Waals surface area (Å²) in [5.41, 5.74) is 0.996. The van der Waals surface area contributed by atoms with Crippen LogP contribution in [0.5, 0.6) is 5.75 Å².